The normalized spacial score (nSPS) is 14.3. The maximum atomic E-state index is 13.8. The van der Waals surface area contributed by atoms with E-state index in [1.54, 1.807) is 23.6 Å². The highest BCUT2D eigenvalue weighted by Crippen LogP contribution is 2.43. The molecule has 5 rings (SSSR count). The van der Waals surface area contributed by atoms with Crippen molar-refractivity contribution in [2.45, 2.75) is 45.0 Å². The lowest BCUT2D eigenvalue weighted by Gasteiger charge is -2.29. The Morgan fingerprint density at radius 2 is 1.93 bits per heavy atom. The zero-order chi connectivity index (χ0) is 28.9. The van der Waals surface area contributed by atoms with Crippen LogP contribution in [-0.2, 0) is 11.4 Å². The van der Waals surface area contributed by atoms with Crippen molar-refractivity contribution >= 4 is 45.2 Å². The molecule has 8 nitrogen and oxygen atoms in total. The van der Waals surface area contributed by atoms with Crippen LogP contribution in [0.5, 0.6) is 11.5 Å². The Hall–Kier alpha value is -3.76. The van der Waals surface area contributed by atoms with Gasteiger partial charge in [-0.2, -0.15) is 4.98 Å². The number of nitrogens with one attached hydrogen (secondary N) is 2. The maximum Gasteiger partial charge on any atom is 0.255 e. The van der Waals surface area contributed by atoms with Crippen molar-refractivity contribution < 1.29 is 14.3 Å². The molecule has 10 heteroatoms. The van der Waals surface area contributed by atoms with Gasteiger partial charge in [-0.3, -0.25) is 4.79 Å². The van der Waals surface area contributed by atoms with E-state index < -0.39 is 6.04 Å². The minimum Gasteiger partial charge on any atom is -0.493 e. The molecule has 0 aliphatic carbocycles. The quantitative estimate of drug-likeness (QED) is 0.176. The summed E-state index contributed by atoms with van der Waals surface area (Å²) >= 11 is 5.30. The Bertz CT molecular complexity index is 1590. The molecule has 4 aromatic rings. The van der Waals surface area contributed by atoms with E-state index in [4.69, 9.17) is 19.6 Å². The summed E-state index contributed by atoms with van der Waals surface area (Å²) in [7, 11) is 1.61. The number of para-hydroxylation sites is 1. The van der Waals surface area contributed by atoms with Gasteiger partial charge < -0.3 is 20.1 Å². The van der Waals surface area contributed by atoms with E-state index >= 15 is 0 Å². The monoisotopic (exact) mass is 633 g/mol. The van der Waals surface area contributed by atoms with Crippen LogP contribution in [0.2, 0.25) is 0 Å². The van der Waals surface area contributed by atoms with E-state index in [1.807, 2.05) is 61.5 Å². The van der Waals surface area contributed by atoms with Crippen molar-refractivity contribution in [3.8, 4) is 11.5 Å². The molecule has 2 N–H and O–H groups in total. The number of amides is 1. The Morgan fingerprint density at radius 1 is 1.12 bits per heavy atom. The van der Waals surface area contributed by atoms with Crippen LogP contribution >= 0.6 is 27.7 Å². The average molecular weight is 635 g/mol. The van der Waals surface area contributed by atoms with E-state index in [-0.39, 0.29) is 5.91 Å². The number of allylic oxidation sites excluding steroid dienone is 1. The molecule has 1 unspecified atom stereocenters. The molecule has 1 amide bonds. The minimum absolute atomic E-state index is 0.232. The van der Waals surface area contributed by atoms with E-state index in [2.05, 4.69) is 52.5 Å². The van der Waals surface area contributed by atoms with Crippen LogP contribution < -0.4 is 20.1 Å². The van der Waals surface area contributed by atoms with Gasteiger partial charge in [-0.15, -0.1) is 5.10 Å². The number of carbonyl (C=O) groups is 1. The highest BCUT2D eigenvalue weighted by atomic mass is 79.9. The number of methoxy groups -OCH3 is 1. The summed E-state index contributed by atoms with van der Waals surface area (Å²) < 4.78 is 14.5. The second-order valence-corrected chi connectivity index (χ2v) is 11.6. The summed E-state index contributed by atoms with van der Waals surface area (Å²) in [4.78, 5) is 18.5. The van der Waals surface area contributed by atoms with Crippen molar-refractivity contribution in [3.63, 3.8) is 0 Å². The van der Waals surface area contributed by atoms with Gasteiger partial charge in [-0.25, -0.2) is 4.68 Å². The van der Waals surface area contributed by atoms with Gasteiger partial charge in [0.2, 0.25) is 11.1 Å². The third-order valence-electron chi connectivity index (χ3n) is 6.58. The van der Waals surface area contributed by atoms with E-state index in [0.29, 0.717) is 50.6 Å². The fraction of sp³-hybridized carbons (Fsp3) is 0.258. The Morgan fingerprint density at radius 3 is 2.66 bits per heavy atom. The van der Waals surface area contributed by atoms with Crippen molar-refractivity contribution in [2.75, 3.05) is 23.5 Å². The molecule has 0 spiro atoms. The lowest BCUT2D eigenvalue weighted by Crippen LogP contribution is -2.31. The van der Waals surface area contributed by atoms with Crippen molar-refractivity contribution in [1.29, 1.82) is 0 Å². The maximum absolute atomic E-state index is 13.8. The average Bonchev–Trinajstić information content (AvgIpc) is 3.37. The predicted molar refractivity (Wildman–Crippen MR) is 167 cm³/mol. The molecule has 0 fully saturated rings. The van der Waals surface area contributed by atoms with E-state index in [0.717, 1.165) is 23.3 Å². The van der Waals surface area contributed by atoms with Gasteiger partial charge in [0.15, 0.2) is 11.5 Å². The number of aryl methyl sites for hydroxylation is 1. The number of rotatable bonds is 10. The molecule has 0 radical (unpaired) electrons. The molecule has 1 atom stereocenters. The molecule has 0 bridgehead atoms. The summed E-state index contributed by atoms with van der Waals surface area (Å²) in [5.74, 6) is 2.37. The number of anilines is 2. The van der Waals surface area contributed by atoms with Gasteiger partial charge in [-0.1, -0.05) is 66.7 Å². The topological polar surface area (TPSA) is 90.3 Å². The zero-order valence-electron chi connectivity index (χ0n) is 23.4. The number of nitrogens with zero attached hydrogens (tertiary/aromatic N) is 3. The van der Waals surface area contributed by atoms with Gasteiger partial charge in [0, 0.05) is 17.1 Å². The number of hydrogen-bond donors (Lipinski definition) is 2. The first-order chi connectivity index (χ1) is 19.9. The van der Waals surface area contributed by atoms with Crippen molar-refractivity contribution in [3.05, 3.63) is 99.2 Å². The molecule has 1 aromatic heterocycles. The molecule has 2 heterocycles. The van der Waals surface area contributed by atoms with Crippen LogP contribution in [0.15, 0.2) is 87.6 Å². The number of carbonyl (C=O) groups excluding carboxylic acids is 1. The number of hydrogen-bond acceptors (Lipinski definition) is 7. The summed E-state index contributed by atoms with van der Waals surface area (Å²) in [5.41, 5.74) is 4.96. The molecule has 0 saturated heterocycles. The minimum atomic E-state index is -0.561. The molecular formula is C31H32BrN5O3S. The fourth-order valence-electron chi connectivity index (χ4n) is 4.70. The van der Waals surface area contributed by atoms with Crippen LogP contribution in [0.25, 0.3) is 0 Å². The summed E-state index contributed by atoms with van der Waals surface area (Å²) in [6.07, 6.45) is 1.00. The molecule has 212 valence electrons. The lowest BCUT2D eigenvalue weighted by molar-refractivity contribution is -0.113. The van der Waals surface area contributed by atoms with E-state index in [9.17, 15) is 4.79 Å². The number of thioether (sulfide) groups is 1. The van der Waals surface area contributed by atoms with Gasteiger partial charge in [0.1, 0.15) is 12.6 Å². The van der Waals surface area contributed by atoms with Crippen molar-refractivity contribution in [1.82, 2.24) is 14.8 Å². The number of fused-ring (bicyclic) bond motifs is 1. The Labute approximate surface area is 252 Å². The Balaban J connectivity index is 1.55. The fourth-order valence-corrected chi connectivity index (χ4v) is 5.96. The highest BCUT2D eigenvalue weighted by Gasteiger charge is 2.35. The van der Waals surface area contributed by atoms with Gasteiger partial charge in [0.25, 0.3) is 5.91 Å². The first-order valence-corrected chi connectivity index (χ1v) is 15.1. The summed E-state index contributed by atoms with van der Waals surface area (Å²) in [6, 6.07) is 20.9. The lowest BCUT2D eigenvalue weighted by atomic mass is 9.94. The number of halogens is 1. The molecule has 0 saturated carbocycles. The zero-order valence-corrected chi connectivity index (χ0v) is 25.8. The third kappa shape index (κ3) is 6.44. The SMILES string of the molecule is CCCSc1nc2n(n1)C(c1cc(Br)c(OCc3cccc(C)c3)c(OC)c1)C(C(=O)Nc1ccccc1)=C(C)N2. The van der Waals surface area contributed by atoms with Crippen LogP contribution in [-0.4, -0.2) is 33.5 Å². The largest absolute Gasteiger partial charge is 0.493 e. The number of benzene rings is 3. The Kier molecular flexibility index (Phi) is 8.99. The third-order valence-corrected chi connectivity index (χ3v) is 8.21. The van der Waals surface area contributed by atoms with Crippen LogP contribution in [0, 0.1) is 6.92 Å². The molecule has 1 aliphatic heterocycles. The predicted octanol–water partition coefficient (Wildman–Crippen LogP) is 7.37. The van der Waals surface area contributed by atoms with Crippen LogP contribution in [0.4, 0.5) is 11.6 Å². The summed E-state index contributed by atoms with van der Waals surface area (Å²) in [5, 5.41) is 11.8. The standard InChI is InChI=1S/C31H32BrN5O3S/c1-5-14-41-31-35-30-33-20(3)26(29(38)34-23-12-7-6-8-13-23)27(37(30)36-31)22-16-24(32)28(25(17-22)39-4)40-18-21-11-9-10-19(2)15-21/h6-13,15-17,27H,5,14,18H2,1-4H3,(H,34,38)(H,33,35,36). The smallest absolute Gasteiger partial charge is 0.255 e. The van der Waals surface area contributed by atoms with Crippen LogP contribution in [0.1, 0.15) is 43.0 Å². The molecular weight excluding hydrogens is 602 g/mol. The molecule has 41 heavy (non-hydrogen) atoms. The number of ether oxygens (including phenoxy) is 2. The summed E-state index contributed by atoms with van der Waals surface area (Å²) in [6.45, 7) is 6.45. The van der Waals surface area contributed by atoms with Gasteiger partial charge in [0.05, 0.1) is 17.2 Å². The van der Waals surface area contributed by atoms with Crippen LogP contribution in [0.3, 0.4) is 0 Å². The van der Waals surface area contributed by atoms with Crippen molar-refractivity contribution in [2.24, 2.45) is 0 Å². The van der Waals surface area contributed by atoms with E-state index in [1.165, 1.54) is 5.56 Å². The number of aromatic nitrogens is 3. The second-order valence-electron chi connectivity index (χ2n) is 9.71. The van der Waals surface area contributed by atoms with Gasteiger partial charge >= 0.3 is 0 Å². The molecule has 1 aliphatic rings. The highest BCUT2D eigenvalue weighted by molar-refractivity contribution is 9.10. The second kappa shape index (κ2) is 12.8. The molecule has 3 aromatic carbocycles. The van der Waals surface area contributed by atoms with Gasteiger partial charge in [-0.05, 0) is 71.6 Å². The first-order valence-electron chi connectivity index (χ1n) is 13.4. The first kappa shape index (κ1) is 28.8.